The van der Waals surface area contributed by atoms with Crippen LogP contribution in [0.25, 0.3) is 0 Å². The average Bonchev–Trinajstić information content (AvgIpc) is 2.63. The summed E-state index contributed by atoms with van der Waals surface area (Å²) in [6.45, 7) is 1.99. The largest absolute Gasteiger partial charge is 0.465 e. The van der Waals surface area contributed by atoms with Gasteiger partial charge in [0.15, 0.2) is 5.78 Å². The van der Waals surface area contributed by atoms with Gasteiger partial charge in [-0.25, -0.2) is 0 Å². The number of carbonyl (C=O) groups is 2. The summed E-state index contributed by atoms with van der Waals surface area (Å²) in [6, 6.07) is 19.4. The van der Waals surface area contributed by atoms with E-state index in [1.807, 2.05) is 60.7 Å². The molecule has 3 atom stereocenters. The number of carbonyl (C=O) groups excluding carboxylic acids is 2. The molecule has 0 N–H and O–H groups in total. The van der Waals surface area contributed by atoms with Gasteiger partial charge in [-0.2, -0.15) is 0 Å². The quantitative estimate of drug-likeness (QED) is 0.618. The minimum Gasteiger partial charge on any atom is -0.465 e. The van der Waals surface area contributed by atoms with Gasteiger partial charge < -0.3 is 9.47 Å². The van der Waals surface area contributed by atoms with E-state index in [9.17, 15) is 9.59 Å². The van der Waals surface area contributed by atoms with Crippen molar-refractivity contribution in [3.05, 3.63) is 71.8 Å². The summed E-state index contributed by atoms with van der Waals surface area (Å²) in [4.78, 5) is 25.0. The number of hydrogen-bond donors (Lipinski definition) is 0. The fraction of sp³-hybridized carbons (Fsp3) is 0.333. The molecule has 0 spiro atoms. The maximum absolute atomic E-state index is 12.7. The van der Waals surface area contributed by atoms with Crippen LogP contribution >= 0.6 is 0 Å². The van der Waals surface area contributed by atoms with E-state index in [1.54, 1.807) is 6.92 Å². The fourth-order valence-electron chi connectivity index (χ4n) is 3.25. The van der Waals surface area contributed by atoms with Crippen molar-refractivity contribution in [2.75, 3.05) is 6.61 Å². The van der Waals surface area contributed by atoms with Crippen LogP contribution in [0.2, 0.25) is 0 Å². The molecule has 1 aliphatic heterocycles. The first-order valence-electron chi connectivity index (χ1n) is 8.62. The predicted molar refractivity (Wildman–Crippen MR) is 93.9 cm³/mol. The Morgan fingerprint density at radius 2 is 1.72 bits per heavy atom. The molecule has 2 aromatic carbocycles. The summed E-state index contributed by atoms with van der Waals surface area (Å²) in [5.41, 5.74) is 1.94. The Morgan fingerprint density at radius 3 is 2.36 bits per heavy atom. The zero-order valence-electron chi connectivity index (χ0n) is 14.3. The number of Topliss-reactive ketones (excluding diaryl/α,β-unsaturated/α-hetero) is 1. The lowest BCUT2D eigenvalue weighted by Crippen LogP contribution is -2.42. The number of rotatable bonds is 5. The lowest BCUT2D eigenvalue weighted by atomic mass is 9.85. The van der Waals surface area contributed by atoms with Gasteiger partial charge in [-0.15, -0.1) is 0 Å². The molecule has 1 fully saturated rings. The maximum atomic E-state index is 12.7. The summed E-state index contributed by atoms with van der Waals surface area (Å²) < 4.78 is 11.3. The van der Waals surface area contributed by atoms with Gasteiger partial charge in [0.25, 0.3) is 0 Å². The van der Waals surface area contributed by atoms with Crippen LogP contribution in [0.4, 0.5) is 0 Å². The molecule has 4 nitrogen and oxygen atoms in total. The highest BCUT2D eigenvalue weighted by molar-refractivity contribution is 6.00. The molecular weight excluding hydrogens is 316 g/mol. The number of ketones is 1. The van der Waals surface area contributed by atoms with Gasteiger partial charge in [0.2, 0.25) is 0 Å². The number of esters is 1. The van der Waals surface area contributed by atoms with Crippen molar-refractivity contribution in [3.63, 3.8) is 0 Å². The van der Waals surface area contributed by atoms with E-state index in [2.05, 4.69) is 0 Å². The van der Waals surface area contributed by atoms with Gasteiger partial charge in [-0.05, 0) is 24.5 Å². The van der Waals surface area contributed by atoms with Crippen LogP contribution in [-0.4, -0.2) is 24.5 Å². The molecule has 3 rings (SSSR count). The summed E-state index contributed by atoms with van der Waals surface area (Å²) in [7, 11) is 0. The molecule has 25 heavy (non-hydrogen) atoms. The Balaban J connectivity index is 1.84. The topological polar surface area (TPSA) is 52.6 Å². The molecule has 0 radical (unpaired) electrons. The summed E-state index contributed by atoms with van der Waals surface area (Å²) in [6.07, 6.45) is 0.0219. The van der Waals surface area contributed by atoms with E-state index in [0.29, 0.717) is 6.42 Å². The normalized spacial score (nSPS) is 23.2. The summed E-state index contributed by atoms with van der Waals surface area (Å²) in [5, 5.41) is 0. The van der Waals surface area contributed by atoms with E-state index in [0.717, 1.165) is 11.1 Å². The molecule has 0 aliphatic carbocycles. The van der Waals surface area contributed by atoms with Gasteiger partial charge in [0.1, 0.15) is 12.0 Å². The van der Waals surface area contributed by atoms with E-state index in [1.165, 1.54) is 0 Å². The van der Waals surface area contributed by atoms with Crippen molar-refractivity contribution in [1.29, 1.82) is 0 Å². The van der Waals surface area contributed by atoms with Gasteiger partial charge >= 0.3 is 5.97 Å². The lowest BCUT2D eigenvalue weighted by Gasteiger charge is -2.34. The van der Waals surface area contributed by atoms with E-state index in [-0.39, 0.29) is 24.9 Å². The SMILES string of the molecule is CCOC(=O)[C@H]1C(=O)C[C@H](Cc2ccccc2)O[C@@H]1c1ccccc1. The first kappa shape index (κ1) is 17.4. The van der Waals surface area contributed by atoms with Gasteiger partial charge in [-0.3, -0.25) is 9.59 Å². The highest BCUT2D eigenvalue weighted by Crippen LogP contribution is 2.36. The summed E-state index contributed by atoms with van der Waals surface area (Å²) >= 11 is 0. The minimum absolute atomic E-state index is 0.112. The predicted octanol–water partition coefficient (Wildman–Crippen LogP) is 3.51. The van der Waals surface area contributed by atoms with Crippen LogP contribution in [0.1, 0.15) is 30.6 Å². The van der Waals surface area contributed by atoms with Crippen molar-refractivity contribution in [2.45, 2.75) is 32.0 Å². The third kappa shape index (κ3) is 4.15. The van der Waals surface area contributed by atoms with Crippen molar-refractivity contribution < 1.29 is 19.1 Å². The Bertz CT molecular complexity index is 711. The second-order valence-corrected chi connectivity index (χ2v) is 6.18. The molecule has 0 aromatic heterocycles. The van der Waals surface area contributed by atoms with E-state index >= 15 is 0 Å². The van der Waals surface area contributed by atoms with Crippen LogP contribution in [0.3, 0.4) is 0 Å². The van der Waals surface area contributed by atoms with Crippen LogP contribution in [0, 0.1) is 5.92 Å². The monoisotopic (exact) mass is 338 g/mol. The molecule has 2 aromatic rings. The molecule has 0 saturated carbocycles. The average molecular weight is 338 g/mol. The van der Waals surface area contributed by atoms with E-state index < -0.39 is 18.0 Å². The molecule has 0 amide bonds. The zero-order valence-corrected chi connectivity index (χ0v) is 14.3. The van der Waals surface area contributed by atoms with Crippen LogP contribution in [0.15, 0.2) is 60.7 Å². The van der Waals surface area contributed by atoms with E-state index in [4.69, 9.17) is 9.47 Å². The Morgan fingerprint density at radius 1 is 1.08 bits per heavy atom. The number of hydrogen-bond acceptors (Lipinski definition) is 4. The molecular formula is C21H22O4. The molecule has 0 unspecified atom stereocenters. The fourth-order valence-corrected chi connectivity index (χ4v) is 3.25. The van der Waals surface area contributed by atoms with Crippen LogP contribution < -0.4 is 0 Å². The number of benzene rings is 2. The molecule has 1 saturated heterocycles. The van der Waals surface area contributed by atoms with Crippen molar-refractivity contribution in [3.8, 4) is 0 Å². The first-order valence-corrected chi connectivity index (χ1v) is 8.62. The second-order valence-electron chi connectivity index (χ2n) is 6.18. The molecule has 4 heteroatoms. The Hall–Kier alpha value is -2.46. The third-order valence-corrected chi connectivity index (χ3v) is 4.39. The minimum atomic E-state index is -0.894. The van der Waals surface area contributed by atoms with Crippen LogP contribution in [-0.2, 0) is 25.5 Å². The molecule has 0 bridgehead atoms. The van der Waals surface area contributed by atoms with Crippen molar-refractivity contribution in [2.24, 2.45) is 5.92 Å². The van der Waals surface area contributed by atoms with Crippen molar-refractivity contribution in [1.82, 2.24) is 0 Å². The smallest absolute Gasteiger partial charge is 0.319 e. The molecule has 130 valence electrons. The van der Waals surface area contributed by atoms with Crippen LogP contribution in [0.5, 0.6) is 0 Å². The lowest BCUT2D eigenvalue weighted by molar-refractivity contribution is -0.169. The Kier molecular flexibility index (Phi) is 5.61. The van der Waals surface area contributed by atoms with Gasteiger partial charge in [0.05, 0.1) is 12.7 Å². The highest BCUT2D eigenvalue weighted by Gasteiger charge is 2.43. The number of ether oxygens (including phenoxy) is 2. The van der Waals surface area contributed by atoms with Crippen molar-refractivity contribution >= 4 is 11.8 Å². The van der Waals surface area contributed by atoms with Gasteiger partial charge in [0, 0.05) is 6.42 Å². The standard InChI is InChI=1S/C21H22O4/c1-2-24-21(23)19-18(22)14-17(13-15-9-5-3-6-10-15)25-20(19)16-11-7-4-8-12-16/h3-12,17,19-20H,2,13-14H2,1H3/t17-,19-,20+/m0/s1. The van der Waals surface area contributed by atoms with Gasteiger partial charge in [-0.1, -0.05) is 60.7 Å². The second kappa shape index (κ2) is 8.08. The Labute approximate surface area is 147 Å². The molecule has 1 aliphatic rings. The third-order valence-electron chi connectivity index (χ3n) is 4.39. The maximum Gasteiger partial charge on any atom is 0.319 e. The highest BCUT2D eigenvalue weighted by atomic mass is 16.5. The summed E-state index contributed by atoms with van der Waals surface area (Å²) in [5.74, 6) is -1.51. The zero-order chi connectivity index (χ0) is 17.6. The first-order chi connectivity index (χ1) is 12.2. The molecule has 1 heterocycles.